The van der Waals surface area contributed by atoms with E-state index in [1.807, 2.05) is 11.9 Å². The molecule has 0 amide bonds. The number of ether oxygens (including phenoxy) is 2. The highest BCUT2D eigenvalue weighted by atomic mass is 19.2. The fourth-order valence-corrected chi connectivity index (χ4v) is 2.79. The molecule has 0 radical (unpaired) electrons. The lowest BCUT2D eigenvalue weighted by Gasteiger charge is -2.34. The van der Waals surface area contributed by atoms with Crippen LogP contribution >= 0.6 is 0 Å². The highest BCUT2D eigenvalue weighted by Gasteiger charge is 2.31. The third-order valence-corrected chi connectivity index (χ3v) is 4.31. The zero-order valence-corrected chi connectivity index (χ0v) is 16.1. The summed E-state index contributed by atoms with van der Waals surface area (Å²) >= 11 is 0. The van der Waals surface area contributed by atoms with Crippen LogP contribution < -0.4 is 4.90 Å². The third-order valence-electron chi connectivity index (χ3n) is 4.31. The number of nitrogens with zero attached hydrogens (tertiary/aromatic N) is 2. The van der Waals surface area contributed by atoms with E-state index in [0.29, 0.717) is 32.2 Å². The predicted molar refractivity (Wildman–Crippen MR) is 96.7 cm³/mol. The van der Waals surface area contributed by atoms with E-state index >= 15 is 0 Å². The van der Waals surface area contributed by atoms with Crippen LogP contribution in [0.3, 0.4) is 0 Å². The minimum atomic E-state index is -1.52. The van der Waals surface area contributed by atoms with E-state index in [9.17, 15) is 22.8 Å². The van der Waals surface area contributed by atoms with Gasteiger partial charge in [0.05, 0.1) is 18.8 Å². The van der Waals surface area contributed by atoms with Crippen molar-refractivity contribution in [3.05, 3.63) is 40.9 Å². The molecule has 0 bridgehead atoms. The Morgan fingerprint density at radius 3 is 2.29 bits per heavy atom. The van der Waals surface area contributed by atoms with Crippen LogP contribution in [0, 0.1) is 17.5 Å². The van der Waals surface area contributed by atoms with Gasteiger partial charge in [0.25, 0.3) is 0 Å². The molecule has 1 fully saturated rings. The number of halogens is 3. The number of carbonyl (C=O) groups excluding carboxylic acids is 2. The molecule has 1 aliphatic heterocycles. The molecule has 28 heavy (non-hydrogen) atoms. The van der Waals surface area contributed by atoms with Crippen LogP contribution in [-0.2, 0) is 14.3 Å². The maximum atomic E-state index is 14.6. The van der Waals surface area contributed by atoms with Crippen molar-refractivity contribution in [3.63, 3.8) is 0 Å². The Labute approximate surface area is 161 Å². The van der Waals surface area contributed by atoms with E-state index in [0.717, 1.165) is 6.26 Å². The quantitative estimate of drug-likeness (QED) is 0.133. The van der Waals surface area contributed by atoms with Crippen LogP contribution in [-0.4, -0.2) is 63.1 Å². The number of hydrogen-bond acceptors (Lipinski definition) is 6. The third kappa shape index (κ3) is 4.64. The summed E-state index contributed by atoms with van der Waals surface area (Å²) in [6.45, 7) is 4.97. The molecule has 0 atom stereocenters. The maximum Gasteiger partial charge on any atom is 0.345 e. The molecule has 0 N–H and O–H groups in total. The van der Waals surface area contributed by atoms with E-state index < -0.39 is 46.0 Å². The molecule has 0 spiro atoms. The first-order valence-electron chi connectivity index (χ1n) is 8.96. The van der Waals surface area contributed by atoms with Gasteiger partial charge >= 0.3 is 5.97 Å². The van der Waals surface area contributed by atoms with Gasteiger partial charge in [0.2, 0.25) is 5.78 Å². The highest BCUT2D eigenvalue weighted by molar-refractivity contribution is 6.24. The van der Waals surface area contributed by atoms with Crippen LogP contribution in [0.5, 0.6) is 0 Å². The fraction of sp³-hybridized carbons (Fsp3) is 0.474. The smallest absolute Gasteiger partial charge is 0.345 e. The Bertz CT molecular complexity index is 775. The normalized spacial score (nSPS) is 15.5. The molecule has 0 saturated carbocycles. The average molecular weight is 400 g/mol. The SMILES string of the molecule is CCO/C=C(\C(=O)OCC)C(=O)c1cc(F)c(N2CCN(C)CC2)c(F)c1F. The molecule has 1 aromatic carbocycles. The number of benzene rings is 1. The predicted octanol–water partition coefficient (Wildman–Crippen LogP) is 2.52. The van der Waals surface area contributed by atoms with Gasteiger partial charge in [-0.25, -0.2) is 18.0 Å². The number of piperazine rings is 1. The van der Waals surface area contributed by atoms with Gasteiger partial charge < -0.3 is 19.3 Å². The van der Waals surface area contributed by atoms with E-state index in [-0.39, 0.29) is 13.2 Å². The van der Waals surface area contributed by atoms with Gasteiger partial charge in [-0.05, 0) is 27.0 Å². The number of esters is 1. The largest absolute Gasteiger partial charge is 0.500 e. The molecule has 6 nitrogen and oxygen atoms in total. The molecule has 0 unspecified atom stereocenters. The van der Waals surface area contributed by atoms with Gasteiger partial charge in [0, 0.05) is 26.2 Å². The first-order valence-corrected chi connectivity index (χ1v) is 8.96. The van der Waals surface area contributed by atoms with Gasteiger partial charge in [0.15, 0.2) is 11.6 Å². The zero-order valence-electron chi connectivity index (χ0n) is 16.1. The summed E-state index contributed by atoms with van der Waals surface area (Å²) in [5.74, 6) is -6.34. The lowest BCUT2D eigenvalue weighted by atomic mass is 10.0. The van der Waals surface area contributed by atoms with Crippen molar-refractivity contribution in [1.29, 1.82) is 0 Å². The van der Waals surface area contributed by atoms with E-state index in [2.05, 4.69) is 0 Å². The second-order valence-electron chi connectivity index (χ2n) is 6.21. The summed E-state index contributed by atoms with van der Waals surface area (Å²) in [6, 6.07) is 0.605. The van der Waals surface area contributed by atoms with Crippen LogP contribution in [0.4, 0.5) is 18.9 Å². The Kier molecular flexibility index (Phi) is 7.45. The summed E-state index contributed by atoms with van der Waals surface area (Å²) < 4.78 is 53.6. The van der Waals surface area contributed by atoms with Crippen molar-refractivity contribution in [2.24, 2.45) is 0 Å². The minimum Gasteiger partial charge on any atom is -0.500 e. The Hall–Kier alpha value is -2.55. The van der Waals surface area contributed by atoms with Crippen LogP contribution in [0.1, 0.15) is 24.2 Å². The van der Waals surface area contributed by atoms with Gasteiger partial charge in [-0.3, -0.25) is 4.79 Å². The van der Waals surface area contributed by atoms with Crippen molar-refractivity contribution in [2.45, 2.75) is 13.8 Å². The van der Waals surface area contributed by atoms with E-state index in [4.69, 9.17) is 9.47 Å². The highest BCUT2D eigenvalue weighted by Crippen LogP contribution is 2.30. The van der Waals surface area contributed by atoms with Crippen molar-refractivity contribution >= 4 is 17.4 Å². The second kappa shape index (κ2) is 9.59. The standard InChI is InChI=1S/C19H23F3N2O4/c1-4-27-11-13(19(26)28-5-2)18(25)12-10-14(20)17(16(22)15(12)21)24-8-6-23(3)7-9-24/h10-11H,4-9H2,1-3H3/b13-11-. The molecule has 1 aromatic rings. The molecular weight excluding hydrogens is 377 g/mol. The Balaban J connectivity index is 2.42. The number of anilines is 1. The minimum absolute atomic E-state index is 0.0386. The van der Waals surface area contributed by atoms with Crippen molar-refractivity contribution in [3.8, 4) is 0 Å². The second-order valence-corrected chi connectivity index (χ2v) is 6.21. The first-order chi connectivity index (χ1) is 13.3. The van der Waals surface area contributed by atoms with Crippen molar-refractivity contribution < 1.29 is 32.2 Å². The van der Waals surface area contributed by atoms with E-state index in [1.165, 1.54) is 11.8 Å². The molecule has 0 aliphatic carbocycles. The lowest BCUT2D eigenvalue weighted by molar-refractivity contribution is -0.138. The topological polar surface area (TPSA) is 59.1 Å². The Morgan fingerprint density at radius 2 is 1.71 bits per heavy atom. The molecular formula is C19H23F3N2O4. The summed E-state index contributed by atoms with van der Waals surface area (Å²) in [4.78, 5) is 27.9. The lowest BCUT2D eigenvalue weighted by Crippen LogP contribution is -2.45. The summed E-state index contributed by atoms with van der Waals surface area (Å²) in [7, 11) is 1.87. The Morgan fingerprint density at radius 1 is 1.07 bits per heavy atom. The van der Waals surface area contributed by atoms with Gasteiger partial charge in [-0.2, -0.15) is 0 Å². The number of hydrogen-bond donors (Lipinski definition) is 0. The molecule has 9 heteroatoms. The van der Waals surface area contributed by atoms with E-state index in [1.54, 1.807) is 6.92 Å². The first kappa shape index (κ1) is 21.7. The average Bonchev–Trinajstić information content (AvgIpc) is 2.66. The number of carbonyl (C=O) groups is 2. The van der Waals surface area contributed by atoms with Gasteiger partial charge in [0.1, 0.15) is 23.3 Å². The van der Waals surface area contributed by atoms with Crippen LogP contribution in [0.15, 0.2) is 17.9 Å². The fourth-order valence-electron chi connectivity index (χ4n) is 2.79. The molecule has 0 aromatic heterocycles. The number of likely N-dealkylation sites (N-methyl/N-ethyl adjacent to an activating group) is 1. The monoisotopic (exact) mass is 400 g/mol. The summed E-state index contributed by atoms with van der Waals surface area (Å²) in [5.41, 5.74) is -2.06. The number of rotatable bonds is 7. The molecule has 1 heterocycles. The molecule has 2 rings (SSSR count). The molecule has 154 valence electrons. The summed E-state index contributed by atoms with van der Waals surface area (Å²) in [5, 5.41) is 0. The van der Waals surface area contributed by atoms with Crippen LogP contribution in [0.2, 0.25) is 0 Å². The number of Topliss-reactive ketones (excluding diaryl/α,β-unsaturated/α-hetero) is 1. The molecule has 1 saturated heterocycles. The van der Waals surface area contributed by atoms with Crippen molar-refractivity contribution in [1.82, 2.24) is 4.90 Å². The van der Waals surface area contributed by atoms with Crippen LogP contribution in [0.25, 0.3) is 0 Å². The summed E-state index contributed by atoms with van der Waals surface area (Å²) in [6.07, 6.45) is 0.809. The zero-order chi connectivity index (χ0) is 20.8. The van der Waals surface area contributed by atoms with Gasteiger partial charge in [-0.1, -0.05) is 0 Å². The number of ketones is 1. The van der Waals surface area contributed by atoms with Gasteiger partial charge in [-0.15, -0.1) is 0 Å². The maximum absolute atomic E-state index is 14.6. The molecule has 1 aliphatic rings. The van der Waals surface area contributed by atoms with Crippen molar-refractivity contribution in [2.75, 3.05) is 51.3 Å².